The molecule has 1 saturated carbocycles. The van der Waals surface area contributed by atoms with Crippen LogP contribution in [0.25, 0.3) is 0 Å². The zero-order valence-corrected chi connectivity index (χ0v) is 13.0. The van der Waals surface area contributed by atoms with Gasteiger partial charge in [0.25, 0.3) is 0 Å². The second-order valence-electron chi connectivity index (χ2n) is 5.51. The zero-order valence-electron chi connectivity index (χ0n) is 12.2. The van der Waals surface area contributed by atoms with E-state index in [-0.39, 0.29) is 11.8 Å². The standard InChI is InChI=1S/C16H21ClN2O2/c1-2-3-4-10-18-14(20)16(8-9-16)15(21)19-13-7-5-6-12(17)11-13/h5-7,11H,2-4,8-10H2,1H3,(H,18,20)(H,19,21). The van der Waals surface area contributed by atoms with Crippen molar-refractivity contribution in [3.63, 3.8) is 0 Å². The van der Waals surface area contributed by atoms with Crippen LogP contribution in [0.15, 0.2) is 24.3 Å². The summed E-state index contributed by atoms with van der Waals surface area (Å²) in [6.07, 6.45) is 4.37. The summed E-state index contributed by atoms with van der Waals surface area (Å²) in [5.41, 5.74) is -0.258. The van der Waals surface area contributed by atoms with E-state index in [1.165, 1.54) is 0 Å². The molecule has 1 aliphatic carbocycles. The topological polar surface area (TPSA) is 58.2 Å². The number of hydrogen-bond acceptors (Lipinski definition) is 2. The SMILES string of the molecule is CCCCCNC(=O)C1(C(=O)Nc2cccc(Cl)c2)CC1. The van der Waals surface area contributed by atoms with E-state index in [2.05, 4.69) is 17.6 Å². The lowest BCUT2D eigenvalue weighted by molar-refractivity contribution is -0.134. The first-order valence-electron chi connectivity index (χ1n) is 7.44. The summed E-state index contributed by atoms with van der Waals surface area (Å²) in [6, 6.07) is 6.95. The maximum absolute atomic E-state index is 12.3. The first-order chi connectivity index (χ1) is 10.1. The van der Waals surface area contributed by atoms with Crippen LogP contribution in [0.1, 0.15) is 39.0 Å². The minimum absolute atomic E-state index is 0.155. The van der Waals surface area contributed by atoms with Crippen molar-refractivity contribution in [3.05, 3.63) is 29.3 Å². The van der Waals surface area contributed by atoms with Gasteiger partial charge in [-0.25, -0.2) is 0 Å². The number of halogens is 1. The Morgan fingerprint density at radius 3 is 2.62 bits per heavy atom. The third kappa shape index (κ3) is 3.97. The molecule has 0 radical (unpaired) electrons. The van der Waals surface area contributed by atoms with Crippen LogP contribution >= 0.6 is 11.6 Å². The molecule has 21 heavy (non-hydrogen) atoms. The number of benzene rings is 1. The highest BCUT2D eigenvalue weighted by molar-refractivity contribution is 6.31. The fraction of sp³-hybridized carbons (Fsp3) is 0.500. The van der Waals surface area contributed by atoms with Gasteiger partial charge in [-0.05, 0) is 37.5 Å². The minimum atomic E-state index is -0.880. The Labute approximate surface area is 130 Å². The number of carbonyl (C=O) groups is 2. The van der Waals surface area contributed by atoms with Crippen molar-refractivity contribution in [2.24, 2.45) is 5.41 Å². The van der Waals surface area contributed by atoms with Gasteiger partial charge in [-0.3, -0.25) is 9.59 Å². The van der Waals surface area contributed by atoms with Crippen LogP contribution in [0.5, 0.6) is 0 Å². The maximum atomic E-state index is 12.3. The second-order valence-corrected chi connectivity index (χ2v) is 5.95. The molecule has 0 aliphatic heterocycles. The van der Waals surface area contributed by atoms with Gasteiger partial charge in [0.2, 0.25) is 11.8 Å². The average Bonchev–Trinajstić information content (AvgIpc) is 3.25. The Hall–Kier alpha value is -1.55. The number of nitrogens with one attached hydrogen (secondary N) is 2. The van der Waals surface area contributed by atoms with E-state index in [1.807, 2.05) is 0 Å². The van der Waals surface area contributed by atoms with Crippen molar-refractivity contribution in [2.45, 2.75) is 39.0 Å². The van der Waals surface area contributed by atoms with Gasteiger partial charge < -0.3 is 10.6 Å². The van der Waals surface area contributed by atoms with Gasteiger partial charge in [-0.2, -0.15) is 0 Å². The maximum Gasteiger partial charge on any atom is 0.240 e. The van der Waals surface area contributed by atoms with E-state index < -0.39 is 5.41 Å². The van der Waals surface area contributed by atoms with Crippen LogP contribution in [0, 0.1) is 5.41 Å². The fourth-order valence-electron chi connectivity index (χ4n) is 2.25. The van der Waals surface area contributed by atoms with E-state index in [1.54, 1.807) is 24.3 Å². The number of anilines is 1. The van der Waals surface area contributed by atoms with Gasteiger partial charge in [0.1, 0.15) is 5.41 Å². The molecule has 2 rings (SSSR count). The molecule has 0 bridgehead atoms. The monoisotopic (exact) mass is 308 g/mol. The second kappa shape index (κ2) is 6.94. The highest BCUT2D eigenvalue weighted by Gasteiger charge is 2.56. The molecule has 1 aliphatic rings. The van der Waals surface area contributed by atoms with Crippen LogP contribution in [-0.2, 0) is 9.59 Å². The third-order valence-corrected chi connectivity index (χ3v) is 4.00. The Bertz CT molecular complexity index is 527. The zero-order chi connectivity index (χ0) is 15.3. The number of rotatable bonds is 7. The van der Waals surface area contributed by atoms with Crippen molar-refractivity contribution in [3.8, 4) is 0 Å². The lowest BCUT2D eigenvalue weighted by Gasteiger charge is -2.15. The molecule has 0 atom stereocenters. The Balaban J connectivity index is 1.90. The predicted octanol–water partition coefficient (Wildman–Crippen LogP) is 3.37. The summed E-state index contributed by atoms with van der Waals surface area (Å²) < 4.78 is 0. The van der Waals surface area contributed by atoms with Crippen LogP contribution in [0.3, 0.4) is 0 Å². The van der Waals surface area contributed by atoms with Gasteiger partial charge in [-0.1, -0.05) is 37.4 Å². The van der Waals surface area contributed by atoms with Gasteiger partial charge in [0.15, 0.2) is 0 Å². The highest BCUT2D eigenvalue weighted by Crippen LogP contribution is 2.46. The van der Waals surface area contributed by atoms with E-state index in [0.717, 1.165) is 19.3 Å². The molecule has 0 heterocycles. The molecule has 2 N–H and O–H groups in total. The number of carbonyl (C=O) groups excluding carboxylic acids is 2. The molecule has 0 aromatic heterocycles. The molecular weight excluding hydrogens is 288 g/mol. The van der Waals surface area contributed by atoms with Gasteiger partial charge in [0, 0.05) is 17.3 Å². The van der Waals surface area contributed by atoms with E-state index in [4.69, 9.17) is 11.6 Å². The lowest BCUT2D eigenvalue weighted by Crippen LogP contribution is -2.40. The molecule has 1 fully saturated rings. The summed E-state index contributed by atoms with van der Waals surface area (Å²) >= 11 is 5.89. The Morgan fingerprint density at radius 1 is 1.24 bits per heavy atom. The van der Waals surface area contributed by atoms with Gasteiger partial charge in [-0.15, -0.1) is 0 Å². The number of hydrogen-bond donors (Lipinski definition) is 2. The smallest absolute Gasteiger partial charge is 0.240 e. The summed E-state index contributed by atoms with van der Waals surface area (Å²) in [4.78, 5) is 24.5. The van der Waals surface area contributed by atoms with E-state index >= 15 is 0 Å². The Morgan fingerprint density at radius 2 is 2.00 bits per heavy atom. The molecule has 1 aromatic carbocycles. The lowest BCUT2D eigenvalue weighted by atomic mass is 10.0. The first-order valence-corrected chi connectivity index (χ1v) is 7.81. The molecule has 5 heteroatoms. The van der Waals surface area contributed by atoms with Crippen molar-refractivity contribution < 1.29 is 9.59 Å². The first kappa shape index (κ1) is 15.8. The quantitative estimate of drug-likeness (QED) is 0.599. The average molecular weight is 309 g/mol. The van der Waals surface area contributed by atoms with Crippen LogP contribution < -0.4 is 10.6 Å². The van der Waals surface area contributed by atoms with Crippen LogP contribution in [0.2, 0.25) is 5.02 Å². The summed E-state index contributed by atoms with van der Waals surface area (Å²) in [6.45, 7) is 2.75. The minimum Gasteiger partial charge on any atom is -0.355 e. The van der Waals surface area contributed by atoms with Crippen LogP contribution in [-0.4, -0.2) is 18.4 Å². The molecule has 4 nitrogen and oxygen atoms in total. The van der Waals surface area contributed by atoms with Crippen LogP contribution in [0.4, 0.5) is 5.69 Å². The summed E-state index contributed by atoms with van der Waals surface area (Å²) in [5.74, 6) is -0.393. The Kier molecular flexibility index (Phi) is 5.23. The number of unbranched alkanes of at least 4 members (excludes halogenated alkanes) is 2. The van der Waals surface area contributed by atoms with E-state index in [0.29, 0.717) is 30.1 Å². The summed E-state index contributed by atoms with van der Waals surface area (Å²) in [7, 11) is 0. The van der Waals surface area contributed by atoms with Gasteiger partial charge in [0.05, 0.1) is 0 Å². The third-order valence-electron chi connectivity index (χ3n) is 3.77. The van der Waals surface area contributed by atoms with Gasteiger partial charge >= 0.3 is 0 Å². The van der Waals surface area contributed by atoms with Crippen molar-refractivity contribution in [1.82, 2.24) is 5.32 Å². The molecule has 0 unspecified atom stereocenters. The fourth-order valence-corrected chi connectivity index (χ4v) is 2.44. The van der Waals surface area contributed by atoms with Crippen molar-refractivity contribution in [2.75, 3.05) is 11.9 Å². The normalized spacial score (nSPS) is 15.3. The molecule has 114 valence electrons. The molecular formula is C16H21ClN2O2. The predicted molar refractivity (Wildman–Crippen MR) is 84.3 cm³/mol. The molecule has 2 amide bonds. The highest BCUT2D eigenvalue weighted by atomic mass is 35.5. The summed E-state index contributed by atoms with van der Waals surface area (Å²) in [5, 5.41) is 6.21. The van der Waals surface area contributed by atoms with Crippen molar-refractivity contribution in [1.29, 1.82) is 0 Å². The molecule has 1 aromatic rings. The molecule has 0 spiro atoms. The van der Waals surface area contributed by atoms with Crippen molar-refractivity contribution >= 4 is 29.1 Å². The molecule has 0 saturated heterocycles. The largest absolute Gasteiger partial charge is 0.355 e. The number of amides is 2. The van der Waals surface area contributed by atoms with E-state index in [9.17, 15) is 9.59 Å².